The molecule has 100 valence electrons. The molecule has 19 heavy (non-hydrogen) atoms. The van der Waals surface area contributed by atoms with Gasteiger partial charge in [-0.25, -0.2) is 5.43 Å². The van der Waals surface area contributed by atoms with Gasteiger partial charge in [0.2, 0.25) is 0 Å². The molecule has 0 saturated heterocycles. The first-order valence-electron chi connectivity index (χ1n) is 6.77. The molecular weight excluding hydrogens is 232 g/mol. The highest BCUT2D eigenvalue weighted by Gasteiger charge is 2.14. The number of hydrazine groups is 1. The Morgan fingerprint density at radius 2 is 1.74 bits per heavy atom. The number of benzene rings is 2. The van der Waals surface area contributed by atoms with E-state index >= 15 is 0 Å². The van der Waals surface area contributed by atoms with E-state index in [1.165, 1.54) is 27.8 Å². The van der Waals surface area contributed by atoms with Crippen LogP contribution in [0.2, 0.25) is 0 Å². The van der Waals surface area contributed by atoms with Gasteiger partial charge in [0.15, 0.2) is 0 Å². The Morgan fingerprint density at radius 1 is 1.05 bits per heavy atom. The van der Waals surface area contributed by atoms with Crippen LogP contribution in [0.3, 0.4) is 0 Å². The maximum Gasteiger partial charge on any atom is 0.0712 e. The summed E-state index contributed by atoms with van der Waals surface area (Å²) in [5.41, 5.74) is 9.26. The van der Waals surface area contributed by atoms with E-state index in [0.717, 1.165) is 6.42 Å². The Hall–Kier alpha value is -1.64. The zero-order valence-corrected chi connectivity index (χ0v) is 11.9. The van der Waals surface area contributed by atoms with E-state index in [9.17, 15) is 0 Å². The highest BCUT2D eigenvalue weighted by Crippen LogP contribution is 2.25. The van der Waals surface area contributed by atoms with Gasteiger partial charge in [-0.3, -0.25) is 5.84 Å². The molecule has 0 aliphatic heterocycles. The molecule has 0 amide bonds. The molecule has 0 aromatic heterocycles. The van der Waals surface area contributed by atoms with Crippen molar-refractivity contribution in [3.05, 3.63) is 70.3 Å². The van der Waals surface area contributed by atoms with Gasteiger partial charge in [-0.05, 0) is 42.5 Å². The Balaban J connectivity index is 2.37. The predicted octanol–water partition coefficient (Wildman–Crippen LogP) is 3.42. The molecule has 0 aliphatic carbocycles. The van der Waals surface area contributed by atoms with E-state index < -0.39 is 0 Å². The van der Waals surface area contributed by atoms with E-state index in [-0.39, 0.29) is 6.04 Å². The van der Waals surface area contributed by atoms with Gasteiger partial charge < -0.3 is 0 Å². The summed E-state index contributed by atoms with van der Waals surface area (Å²) in [4.78, 5) is 0. The topological polar surface area (TPSA) is 38.0 Å². The second-order valence-electron chi connectivity index (χ2n) is 5.05. The standard InChI is InChI=1S/C17H22N2/c1-4-14-6-8-15(9-7-14)17(19-18)16-10-5-12(2)11-13(16)3/h5-11,17,19H,4,18H2,1-3H3. The van der Waals surface area contributed by atoms with Crippen molar-refractivity contribution < 1.29 is 0 Å². The Bertz CT molecular complexity index is 544. The number of hydrogen-bond acceptors (Lipinski definition) is 2. The summed E-state index contributed by atoms with van der Waals surface area (Å²) < 4.78 is 0. The van der Waals surface area contributed by atoms with Crippen molar-refractivity contribution >= 4 is 0 Å². The van der Waals surface area contributed by atoms with Gasteiger partial charge in [0.25, 0.3) is 0 Å². The number of nitrogens with two attached hydrogens (primary N) is 1. The van der Waals surface area contributed by atoms with E-state index in [4.69, 9.17) is 5.84 Å². The molecule has 0 radical (unpaired) electrons. The minimum atomic E-state index is 0.0477. The number of hydrogen-bond donors (Lipinski definition) is 2. The zero-order valence-electron chi connectivity index (χ0n) is 11.9. The summed E-state index contributed by atoms with van der Waals surface area (Å²) in [5, 5.41) is 0. The molecule has 2 aromatic rings. The Morgan fingerprint density at radius 3 is 2.26 bits per heavy atom. The minimum Gasteiger partial charge on any atom is -0.271 e. The number of aryl methyl sites for hydroxylation is 3. The molecule has 2 heteroatoms. The van der Waals surface area contributed by atoms with E-state index in [1.54, 1.807) is 0 Å². The van der Waals surface area contributed by atoms with Crippen LogP contribution in [-0.2, 0) is 6.42 Å². The monoisotopic (exact) mass is 254 g/mol. The molecule has 0 spiro atoms. The van der Waals surface area contributed by atoms with Gasteiger partial charge in [0.1, 0.15) is 0 Å². The van der Waals surface area contributed by atoms with Gasteiger partial charge in [0.05, 0.1) is 6.04 Å². The molecule has 0 bridgehead atoms. The fourth-order valence-electron chi connectivity index (χ4n) is 2.46. The van der Waals surface area contributed by atoms with Crippen molar-refractivity contribution in [1.29, 1.82) is 0 Å². The largest absolute Gasteiger partial charge is 0.271 e. The quantitative estimate of drug-likeness (QED) is 0.648. The molecule has 2 rings (SSSR count). The van der Waals surface area contributed by atoms with Gasteiger partial charge in [-0.15, -0.1) is 0 Å². The fraction of sp³-hybridized carbons (Fsp3) is 0.294. The molecule has 2 aromatic carbocycles. The van der Waals surface area contributed by atoms with Crippen LogP contribution in [0, 0.1) is 13.8 Å². The molecule has 0 saturated carbocycles. The highest BCUT2D eigenvalue weighted by molar-refractivity contribution is 5.39. The SMILES string of the molecule is CCc1ccc(C(NN)c2ccc(C)cc2C)cc1. The predicted molar refractivity (Wildman–Crippen MR) is 80.9 cm³/mol. The first-order chi connectivity index (χ1) is 9.15. The van der Waals surface area contributed by atoms with Crippen LogP contribution in [0.1, 0.15) is 40.8 Å². The third-order valence-corrected chi connectivity index (χ3v) is 3.62. The zero-order chi connectivity index (χ0) is 13.8. The third kappa shape index (κ3) is 3.03. The van der Waals surface area contributed by atoms with Gasteiger partial charge in [-0.1, -0.05) is 55.0 Å². The molecule has 2 nitrogen and oxygen atoms in total. The molecular formula is C17H22N2. The molecule has 0 fully saturated rings. The average Bonchev–Trinajstić information content (AvgIpc) is 2.42. The van der Waals surface area contributed by atoms with Crippen LogP contribution in [-0.4, -0.2) is 0 Å². The lowest BCUT2D eigenvalue weighted by Crippen LogP contribution is -2.29. The fourth-order valence-corrected chi connectivity index (χ4v) is 2.46. The summed E-state index contributed by atoms with van der Waals surface area (Å²) in [5.74, 6) is 5.76. The van der Waals surface area contributed by atoms with Crippen LogP contribution in [0.25, 0.3) is 0 Å². The van der Waals surface area contributed by atoms with Crippen LogP contribution in [0.4, 0.5) is 0 Å². The Kier molecular flexibility index (Phi) is 4.35. The summed E-state index contributed by atoms with van der Waals surface area (Å²) in [6, 6.07) is 15.2. The molecule has 0 aliphatic rings. The van der Waals surface area contributed by atoms with Crippen LogP contribution in [0.5, 0.6) is 0 Å². The van der Waals surface area contributed by atoms with Crippen molar-refractivity contribution in [2.75, 3.05) is 0 Å². The van der Waals surface area contributed by atoms with E-state index in [2.05, 4.69) is 68.7 Å². The van der Waals surface area contributed by atoms with Crippen LogP contribution < -0.4 is 11.3 Å². The number of rotatable bonds is 4. The minimum absolute atomic E-state index is 0.0477. The average molecular weight is 254 g/mol. The highest BCUT2D eigenvalue weighted by atomic mass is 15.2. The lowest BCUT2D eigenvalue weighted by atomic mass is 9.93. The molecule has 1 atom stereocenters. The van der Waals surface area contributed by atoms with Crippen molar-refractivity contribution in [3.63, 3.8) is 0 Å². The molecule has 3 N–H and O–H groups in total. The smallest absolute Gasteiger partial charge is 0.0712 e. The van der Waals surface area contributed by atoms with Gasteiger partial charge >= 0.3 is 0 Å². The third-order valence-electron chi connectivity index (χ3n) is 3.62. The Labute approximate surface area is 115 Å². The summed E-state index contributed by atoms with van der Waals surface area (Å²) >= 11 is 0. The number of nitrogens with one attached hydrogen (secondary N) is 1. The maximum atomic E-state index is 5.76. The first-order valence-corrected chi connectivity index (χ1v) is 6.77. The molecule has 0 heterocycles. The van der Waals surface area contributed by atoms with Gasteiger partial charge in [-0.2, -0.15) is 0 Å². The van der Waals surface area contributed by atoms with Crippen molar-refractivity contribution in [2.24, 2.45) is 5.84 Å². The second kappa shape index (κ2) is 6.00. The second-order valence-corrected chi connectivity index (χ2v) is 5.05. The van der Waals surface area contributed by atoms with Crippen LogP contribution in [0.15, 0.2) is 42.5 Å². The summed E-state index contributed by atoms with van der Waals surface area (Å²) in [6.45, 7) is 6.41. The normalized spacial score (nSPS) is 12.4. The summed E-state index contributed by atoms with van der Waals surface area (Å²) in [6.07, 6.45) is 1.06. The lowest BCUT2D eigenvalue weighted by molar-refractivity contribution is 0.633. The summed E-state index contributed by atoms with van der Waals surface area (Å²) in [7, 11) is 0. The van der Waals surface area contributed by atoms with Gasteiger partial charge in [0, 0.05) is 0 Å². The van der Waals surface area contributed by atoms with E-state index in [0.29, 0.717) is 0 Å². The van der Waals surface area contributed by atoms with E-state index in [1.807, 2.05) is 0 Å². The first kappa shape index (κ1) is 13.8. The van der Waals surface area contributed by atoms with Crippen molar-refractivity contribution in [2.45, 2.75) is 33.2 Å². The van der Waals surface area contributed by atoms with Crippen LogP contribution >= 0.6 is 0 Å². The van der Waals surface area contributed by atoms with Crippen molar-refractivity contribution in [3.8, 4) is 0 Å². The van der Waals surface area contributed by atoms with Crippen molar-refractivity contribution in [1.82, 2.24) is 5.43 Å². The lowest BCUT2D eigenvalue weighted by Gasteiger charge is -2.19. The maximum absolute atomic E-state index is 5.76. The molecule has 1 unspecified atom stereocenters.